The van der Waals surface area contributed by atoms with Gasteiger partial charge < -0.3 is 5.32 Å². The minimum absolute atomic E-state index is 0.112. The Morgan fingerprint density at radius 2 is 1.86 bits per heavy atom. The van der Waals surface area contributed by atoms with E-state index >= 15 is 0 Å². The van der Waals surface area contributed by atoms with E-state index in [-0.39, 0.29) is 5.41 Å². The summed E-state index contributed by atoms with van der Waals surface area (Å²) in [5.74, 6) is -0.547. The van der Waals surface area contributed by atoms with Crippen LogP contribution in [0.5, 0.6) is 0 Å². The van der Waals surface area contributed by atoms with Crippen molar-refractivity contribution in [3.8, 4) is 0 Å². The number of sulfonamides is 1. The molecule has 8 heteroatoms. The molecule has 1 aliphatic heterocycles. The van der Waals surface area contributed by atoms with Crippen molar-refractivity contribution in [3.05, 3.63) is 11.1 Å². The third-order valence-corrected chi connectivity index (χ3v) is 7.12. The Labute approximate surface area is 136 Å². The first-order chi connectivity index (χ1) is 9.96. The van der Waals surface area contributed by atoms with Crippen LogP contribution in [0.3, 0.4) is 0 Å². The molecule has 0 spiro atoms. The van der Waals surface area contributed by atoms with Crippen LogP contribution in [0.1, 0.15) is 46.7 Å². The molecule has 1 aliphatic rings. The lowest BCUT2D eigenvalue weighted by Crippen LogP contribution is -2.55. The van der Waals surface area contributed by atoms with Crippen LogP contribution in [0.25, 0.3) is 0 Å². The zero-order valence-corrected chi connectivity index (χ0v) is 15.3. The highest BCUT2D eigenvalue weighted by Gasteiger charge is 2.47. The summed E-state index contributed by atoms with van der Waals surface area (Å²) in [6.07, 6.45) is 0.846. The number of nitrogens with one attached hydrogen (secondary N) is 1. The van der Waals surface area contributed by atoms with Crippen LogP contribution in [0, 0.1) is 0 Å². The van der Waals surface area contributed by atoms with Crippen molar-refractivity contribution in [2.45, 2.75) is 51.2 Å². The van der Waals surface area contributed by atoms with Gasteiger partial charge in [-0.15, -0.1) is 11.3 Å². The molecular weight excluding hydrogens is 322 g/mol. The second-order valence-electron chi connectivity index (χ2n) is 7.01. The third-order valence-electron chi connectivity index (χ3n) is 3.84. The summed E-state index contributed by atoms with van der Waals surface area (Å²) in [5, 5.41) is 4.96. The van der Waals surface area contributed by atoms with Crippen LogP contribution in [-0.2, 0) is 20.2 Å². The summed E-state index contributed by atoms with van der Waals surface area (Å²) in [5.41, 5.74) is 0.759. The third kappa shape index (κ3) is 3.04. The maximum absolute atomic E-state index is 12.5. The lowest BCUT2D eigenvalue weighted by atomic mass is 9.93. The summed E-state index contributed by atoms with van der Waals surface area (Å²) in [6.45, 7) is 9.96. The molecule has 1 aromatic heterocycles. The number of hydrogen-bond donors (Lipinski definition) is 1. The lowest BCUT2D eigenvalue weighted by Gasteiger charge is -2.36. The molecule has 1 amide bonds. The highest BCUT2D eigenvalue weighted by molar-refractivity contribution is 7.91. The smallest absolute Gasteiger partial charge is 0.248 e. The van der Waals surface area contributed by atoms with Gasteiger partial charge in [-0.1, -0.05) is 20.8 Å². The number of anilines is 1. The molecule has 1 saturated heterocycles. The minimum Gasteiger partial charge on any atom is -0.301 e. The number of thiazole rings is 1. The topological polar surface area (TPSA) is 79.4 Å². The molecule has 0 bridgehead atoms. The summed E-state index contributed by atoms with van der Waals surface area (Å²) in [7, 11) is -3.64. The van der Waals surface area contributed by atoms with Gasteiger partial charge in [0.05, 0.1) is 5.69 Å². The summed E-state index contributed by atoms with van der Waals surface area (Å²) in [4.78, 5) is 16.8. The van der Waals surface area contributed by atoms with E-state index in [1.165, 1.54) is 29.5 Å². The average molecular weight is 345 g/mol. The second-order valence-corrected chi connectivity index (χ2v) is 10.4. The van der Waals surface area contributed by atoms with Gasteiger partial charge in [-0.3, -0.25) is 4.79 Å². The van der Waals surface area contributed by atoms with Crippen molar-refractivity contribution in [1.82, 2.24) is 9.29 Å². The Morgan fingerprint density at radius 1 is 1.27 bits per heavy atom. The number of amides is 1. The molecule has 124 valence electrons. The normalized spacial score (nSPS) is 17.1. The van der Waals surface area contributed by atoms with E-state index in [0.29, 0.717) is 18.2 Å². The first kappa shape index (κ1) is 17.4. The Bertz CT molecular complexity index is 668. The molecule has 6 nitrogen and oxygen atoms in total. The van der Waals surface area contributed by atoms with Crippen molar-refractivity contribution in [1.29, 1.82) is 0 Å². The molecule has 1 fully saturated rings. The minimum atomic E-state index is -3.64. The van der Waals surface area contributed by atoms with Crippen LogP contribution in [-0.4, -0.2) is 41.5 Å². The number of aromatic nitrogens is 1. The zero-order chi connectivity index (χ0) is 16.8. The maximum Gasteiger partial charge on any atom is 0.248 e. The monoisotopic (exact) mass is 345 g/mol. The summed E-state index contributed by atoms with van der Waals surface area (Å²) < 4.78 is 24.8. The maximum atomic E-state index is 12.5. The van der Waals surface area contributed by atoms with Crippen molar-refractivity contribution in [2.75, 3.05) is 18.4 Å². The Hall–Kier alpha value is -0.990. The predicted molar refractivity (Wildman–Crippen MR) is 88.6 cm³/mol. The van der Waals surface area contributed by atoms with Crippen LogP contribution < -0.4 is 5.32 Å². The standard InChI is InChI=1S/C14H23N3O3S2/c1-13(2,3)10-9-21-12(15-10)16-11(18)14(4,5)22(19,20)17-7-6-8-17/h9H,6-8H2,1-5H3,(H,15,16,18). The van der Waals surface area contributed by atoms with Gasteiger partial charge >= 0.3 is 0 Å². The van der Waals surface area contributed by atoms with E-state index in [2.05, 4.69) is 10.3 Å². The Morgan fingerprint density at radius 3 is 2.27 bits per heavy atom. The van der Waals surface area contributed by atoms with Crippen molar-refractivity contribution < 1.29 is 13.2 Å². The highest BCUT2D eigenvalue weighted by atomic mass is 32.2. The fourth-order valence-corrected chi connectivity index (χ4v) is 4.49. The van der Waals surface area contributed by atoms with Crippen molar-refractivity contribution in [2.24, 2.45) is 0 Å². The molecule has 0 aromatic carbocycles. The van der Waals surface area contributed by atoms with Gasteiger partial charge in [0.15, 0.2) is 9.88 Å². The van der Waals surface area contributed by atoms with Crippen LogP contribution >= 0.6 is 11.3 Å². The van der Waals surface area contributed by atoms with Crippen LogP contribution in [0.4, 0.5) is 5.13 Å². The van der Waals surface area contributed by atoms with Crippen LogP contribution in [0.15, 0.2) is 5.38 Å². The molecule has 0 aliphatic carbocycles. The first-order valence-electron chi connectivity index (χ1n) is 7.23. The van der Waals surface area contributed by atoms with E-state index in [4.69, 9.17) is 0 Å². The Balaban J connectivity index is 2.16. The number of hydrogen-bond acceptors (Lipinski definition) is 5. The summed E-state index contributed by atoms with van der Waals surface area (Å²) in [6, 6.07) is 0. The molecule has 0 saturated carbocycles. The molecule has 0 unspecified atom stereocenters. The highest BCUT2D eigenvalue weighted by Crippen LogP contribution is 2.29. The van der Waals surface area contributed by atoms with E-state index in [1.807, 2.05) is 26.2 Å². The molecule has 1 N–H and O–H groups in total. The molecule has 2 heterocycles. The van der Waals surface area contributed by atoms with Gasteiger partial charge in [0.25, 0.3) is 0 Å². The molecule has 1 aromatic rings. The number of nitrogens with zero attached hydrogens (tertiary/aromatic N) is 2. The van der Waals surface area contributed by atoms with Gasteiger partial charge in [-0.05, 0) is 20.3 Å². The number of rotatable bonds is 4. The molecule has 0 radical (unpaired) electrons. The van der Waals surface area contributed by atoms with Crippen molar-refractivity contribution >= 4 is 32.4 Å². The largest absolute Gasteiger partial charge is 0.301 e. The van der Waals surface area contributed by atoms with E-state index in [9.17, 15) is 13.2 Å². The fraction of sp³-hybridized carbons (Fsp3) is 0.714. The second kappa shape index (κ2) is 5.58. The lowest BCUT2D eigenvalue weighted by molar-refractivity contribution is -0.118. The van der Waals surface area contributed by atoms with Crippen molar-refractivity contribution in [3.63, 3.8) is 0 Å². The molecule has 22 heavy (non-hydrogen) atoms. The van der Waals surface area contributed by atoms with Gasteiger partial charge in [-0.25, -0.2) is 17.7 Å². The van der Waals surface area contributed by atoms with Gasteiger partial charge in [0.1, 0.15) is 0 Å². The summed E-state index contributed by atoms with van der Waals surface area (Å²) >= 11 is 1.31. The van der Waals surface area contributed by atoms with Gasteiger partial charge in [-0.2, -0.15) is 0 Å². The van der Waals surface area contributed by atoms with E-state index in [1.54, 1.807) is 0 Å². The molecule has 0 atom stereocenters. The number of carbonyl (C=O) groups excluding carboxylic acids is 1. The quantitative estimate of drug-likeness (QED) is 0.907. The van der Waals surface area contributed by atoms with Crippen LogP contribution in [0.2, 0.25) is 0 Å². The van der Waals surface area contributed by atoms with Gasteiger partial charge in [0.2, 0.25) is 15.9 Å². The van der Waals surface area contributed by atoms with Gasteiger partial charge in [0, 0.05) is 23.9 Å². The fourth-order valence-electron chi connectivity index (χ4n) is 1.89. The average Bonchev–Trinajstić information content (AvgIpc) is 2.73. The SMILES string of the molecule is CC(C)(C)c1csc(NC(=O)C(C)(C)S(=O)(=O)N2CCC2)n1. The molecule has 2 rings (SSSR count). The molecular formula is C14H23N3O3S2. The zero-order valence-electron chi connectivity index (χ0n) is 13.6. The van der Waals surface area contributed by atoms with E-state index in [0.717, 1.165) is 12.1 Å². The Kier molecular flexibility index (Phi) is 4.40. The number of carbonyl (C=O) groups is 1. The van der Waals surface area contributed by atoms with E-state index < -0.39 is 20.7 Å². The predicted octanol–water partition coefficient (Wildman–Crippen LogP) is 2.19. The first-order valence-corrected chi connectivity index (χ1v) is 9.55.